The fourth-order valence-corrected chi connectivity index (χ4v) is 1.88. The SMILES string of the molecule is OCC1NC(C2CC2)CC1O. The van der Waals surface area contributed by atoms with E-state index in [1.165, 1.54) is 12.8 Å². The molecule has 2 fully saturated rings. The lowest BCUT2D eigenvalue weighted by atomic mass is 10.1. The second kappa shape index (κ2) is 2.73. The van der Waals surface area contributed by atoms with E-state index in [4.69, 9.17) is 5.11 Å². The Kier molecular flexibility index (Phi) is 1.87. The molecule has 1 saturated heterocycles. The van der Waals surface area contributed by atoms with Crippen molar-refractivity contribution >= 4 is 0 Å². The van der Waals surface area contributed by atoms with Crippen molar-refractivity contribution < 1.29 is 10.2 Å². The summed E-state index contributed by atoms with van der Waals surface area (Å²) >= 11 is 0. The Hall–Kier alpha value is -0.120. The van der Waals surface area contributed by atoms with Gasteiger partial charge in [0.15, 0.2) is 0 Å². The molecule has 3 heteroatoms. The molecule has 2 aliphatic rings. The highest BCUT2D eigenvalue weighted by molar-refractivity contribution is 4.97. The topological polar surface area (TPSA) is 52.5 Å². The molecule has 2 rings (SSSR count). The summed E-state index contributed by atoms with van der Waals surface area (Å²) in [6, 6.07) is 0.405. The largest absolute Gasteiger partial charge is 0.395 e. The van der Waals surface area contributed by atoms with Gasteiger partial charge in [-0.15, -0.1) is 0 Å². The molecule has 0 spiro atoms. The van der Waals surface area contributed by atoms with Crippen molar-refractivity contribution in [3.63, 3.8) is 0 Å². The first-order valence-electron chi connectivity index (χ1n) is 4.36. The molecule has 0 aromatic rings. The lowest BCUT2D eigenvalue weighted by Crippen LogP contribution is -2.36. The summed E-state index contributed by atoms with van der Waals surface area (Å²) in [4.78, 5) is 0. The molecule has 0 bridgehead atoms. The minimum absolute atomic E-state index is 0.0599. The van der Waals surface area contributed by atoms with Crippen molar-refractivity contribution in [3.8, 4) is 0 Å². The number of aliphatic hydroxyl groups is 2. The third kappa shape index (κ3) is 1.41. The first-order chi connectivity index (χ1) is 5.31. The molecule has 64 valence electrons. The second-order valence-electron chi connectivity index (χ2n) is 3.70. The monoisotopic (exact) mass is 157 g/mol. The predicted octanol–water partition coefficient (Wildman–Crippen LogP) is -0.520. The van der Waals surface area contributed by atoms with Gasteiger partial charge in [0, 0.05) is 6.04 Å². The average Bonchev–Trinajstić information content (AvgIpc) is 2.76. The van der Waals surface area contributed by atoms with Crippen LogP contribution >= 0.6 is 0 Å². The molecule has 3 nitrogen and oxygen atoms in total. The summed E-state index contributed by atoms with van der Waals surface area (Å²) in [5, 5.41) is 21.5. The summed E-state index contributed by atoms with van der Waals surface area (Å²) in [5.41, 5.74) is 0. The lowest BCUT2D eigenvalue weighted by Gasteiger charge is -2.11. The van der Waals surface area contributed by atoms with Crippen molar-refractivity contribution in [2.45, 2.75) is 37.5 Å². The fourth-order valence-electron chi connectivity index (χ4n) is 1.88. The molecule has 1 saturated carbocycles. The van der Waals surface area contributed by atoms with Crippen LogP contribution in [0.4, 0.5) is 0 Å². The smallest absolute Gasteiger partial charge is 0.0730 e. The van der Waals surface area contributed by atoms with Crippen LogP contribution in [0, 0.1) is 5.92 Å². The molecule has 3 N–H and O–H groups in total. The maximum Gasteiger partial charge on any atom is 0.0730 e. The van der Waals surface area contributed by atoms with Crippen LogP contribution in [0.25, 0.3) is 0 Å². The van der Waals surface area contributed by atoms with E-state index >= 15 is 0 Å². The standard InChI is InChI=1S/C8H15NO2/c10-4-7-8(11)3-6(9-7)5-1-2-5/h5-11H,1-4H2. The zero-order chi connectivity index (χ0) is 7.84. The van der Waals surface area contributed by atoms with Crippen molar-refractivity contribution in [3.05, 3.63) is 0 Å². The first-order valence-corrected chi connectivity index (χ1v) is 4.36. The molecule has 11 heavy (non-hydrogen) atoms. The quantitative estimate of drug-likeness (QED) is 0.505. The van der Waals surface area contributed by atoms with Crippen molar-refractivity contribution in [1.29, 1.82) is 0 Å². The first kappa shape index (κ1) is 7.53. The summed E-state index contributed by atoms with van der Waals surface area (Å²) in [6.07, 6.45) is 3.09. The number of aliphatic hydroxyl groups excluding tert-OH is 2. The predicted molar refractivity (Wildman–Crippen MR) is 41.1 cm³/mol. The maximum atomic E-state index is 9.41. The van der Waals surface area contributed by atoms with Crippen LogP contribution < -0.4 is 5.32 Å². The normalized spacial score (nSPS) is 44.7. The molecule has 0 radical (unpaired) electrons. The van der Waals surface area contributed by atoms with Gasteiger partial charge < -0.3 is 15.5 Å². The van der Waals surface area contributed by atoms with Gasteiger partial charge in [0.1, 0.15) is 0 Å². The van der Waals surface area contributed by atoms with E-state index in [1.807, 2.05) is 0 Å². The maximum absolute atomic E-state index is 9.41. The van der Waals surface area contributed by atoms with Crippen LogP contribution in [-0.2, 0) is 0 Å². The Morgan fingerprint density at radius 1 is 1.36 bits per heavy atom. The summed E-state index contributed by atoms with van der Waals surface area (Å²) in [6.45, 7) is 0.0599. The van der Waals surface area contributed by atoms with Crippen molar-refractivity contribution in [2.24, 2.45) is 5.92 Å². The van der Waals surface area contributed by atoms with Gasteiger partial charge in [0.2, 0.25) is 0 Å². The van der Waals surface area contributed by atoms with Gasteiger partial charge in [-0.2, -0.15) is 0 Å². The molecule has 1 heterocycles. The van der Waals surface area contributed by atoms with E-state index < -0.39 is 0 Å². The molecule has 1 aliphatic heterocycles. The van der Waals surface area contributed by atoms with Crippen LogP contribution in [0.5, 0.6) is 0 Å². The van der Waals surface area contributed by atoms with E-state index in [-0.39, 0.29) is 18.8 Å². The Bertz CT molecular complexity index is 147. The van der Waals surface area contributed by atoms with E-state index in [0.29, 0.717) is 6.04 Å². The fraction of sp³-hybridized carbons (Fsp3) is 1.00. The van der Waals surface area contributed by atoms with Gasteiger partial charge in [-0.1, -0.05) is 0 Å². The van der Waals surface area contributed by atoms with Crippen LogP contribution in [-0.4, -0.2) is 35.0 Å². The van der Waals surface area contributed by atoms with Gasteiger partial charge in [0.25, 0.3) is 0 Å². The minimum atomic E-state index is -0.328. The zero-order valence-electron chi connectivity index (χ0n) is 6.53. The molecular weight excluding hydrogens is 142 g/mol. The summed E-state index contributed by atoms with van der Waals surface area (Å²) in [7, 11) is 0. The molecule has 0 aromatic heterocycles. The summed E-state index contributed by atoms with van der Waals surface area (Å²) in [5.74, 6) is 0.779. The third-order valence-corrected chi connectivity index (χ3v) is 2.78. The average molecular weight is 157 g/mol. The molecule has 0 amide bonds. The van der Waals surface area contributed by atoms with Crippen molar-refractivity contribution in [2.75, 3.05) is 6.61 Å². The van der Waals surface area contributed by atoms with Gasteiger partial charge in [-0.3, -0.25) is 0 Å². The van der Waals surface area contributed by atoms with Crippen LogP contribution in [0.1, 0.15) is 19.3 Å². The third-order valence-electron chi connectivity index (χ3n) is 2.78. The van der Waals surface area contributed by atoms with Gasteiger partial charge in [-0.05, 0) is 25.2 Å². The van der Waals surface area contributed by atoms with Gasteiger partial charge >= 0.3 is 0 Å². The number of nitrogens with one attached hydrogen (secondary N) is 1. The highest BCUT2D eigenvalue weighted by Gasteiger charge is 2.40. The second-order valence-corrected chi connectivity index (χ2v) is 3.70. The van der Waals surface area contributed by atoms with E-state index in [9.17, 15) is 5.11 Å². The summed E-state index contributed by atoms with van der Waals surface area (Å²) < 4.78 is 0. The highest BCUT2D eigenvalue weighted by atomic mass is 16.3. The number of rotatable bonds is 2. The van der Waals surface area contributed by atoms with Gasteiger partial charge in [-0.25, -0.2) is 0 Å². The lowest BCUT2D eigenvalue weighted by molar-refractivity contribution is 0.121. The molecule has 3 atom stereocenters. The highest BCUT2D eigenvalue weighted by Crippen LogP contribution is 2.37. The van der Waals surface area contributed by atoms with Gasteiger partial charge in [0.05, 0.1) is 18.8 Å². The molecule has 0 aromatic carbocycles. The molecule has 3 unspecified atom stereocenters. The Morgan fingerprint density at radius 3 is 2.55 bits per heavy atom. The van der Waals surface area contributed by atoms with Crippen LogP contribution in [0.3, 0.4) is 0 Å². The van der Waals surface area contributed by atoms with E-state index in [2.05, 4.69) is 5.32 Å². The Morgan fingerprint density at radius 2 is 2.09 bits per heavy atom. The van der Waals surface area contributed by atoms with Crippen molar-refractivity contribution in [1.82, 2.24) is 5.32 Å². The van der Waals surface area contributed by atoms with E-state index in [0.717, 1.165) is 12.3 Å². The zero-order valence-corrected chi connectivity index (χ0v) is 6.53. The van der Waals surface area contributed by atoms with Crippen LogP contribution in [0.15, 0.2) is 0 Å². The molecule has 1 aliphatic carbocycles. The minimum Gasteiger partial charge on any atom is -0.395 e. The Balaban J connectivity index is 1.89. The molecular formula is C8H15NO2. The number of hydrogen-bond acceptors (Lipinski definition) is 3. The van der Waals surface area contributed by atoms with E-state index in [1.54, 1.807) is 0 Å². The number of hydrogen-bond donors (Lipinski definition) is 3. The van der Waals surface area contributed by atoms with Crippen LogP contribution in [0.2, 0.25) is 0 Å². The Labute approximate surface area is 66.4 Å².